The Morgan fingerprint density at radius 2 is 1.96 bits per heavy atom. The number of benzene rings is 2. The Morgan fingerprint density at radius 3 is 2.92 bits per heavy atom. The van der Waals surface area contributed by atoms with E-state index in [9.17, 15) is 4.79 Å². The molecule has 1 amide bonds. The van der Waals surface area contributed by atoms with Gasteiger partial charge in [-0.1, -0.05) is 48.2 Å². The van der Waals surface area contributed by atoms with E-state index in [4.69, 9.17) is 0 Å². The molecule has 2 aromatic carbocycles. The van der Waals surface area contributed by atoms with Crippen LogP contribution in [0, 0.1) is 0 Å². The molecule has 0 bridgehead atoms. The molecule has 0 saturated heterocycles. The summed E-state index contributed by atoms with van der Waals surface area (Å²) in [5, 5.41) is 9.98. The molecule has 2 aromatic heterocycles. The summed E-state index contributed by atoms with van der Waals surface area (Å²) >= 11 is 1.32. The minimum atomic E-state index is 0.0697. The van der Waals surface area contributed by atoms with Crippen molar-refractivity contribution in [1.29, 1.82) is 0 Å². The van der Waals surface area contributed by atoms with Crippen molar-refractivity contribution in [2.45, 2.75) is 11.6 Å². The average molecular weight is 361 g/mol. The van der Waals surface area contributed by atoms with Gasteiger partial charge in [0, 0.05) is 23.1 Å². The van der Waals surface area contributed by atoms with Crippen LogP contribution in [0.4, 0.5) is 5.69 Å². The molecule has 5 rings (SSSR count). The highest BCUT2D eigenvalue weighted by Crippen LogP contribution is 2.29. The van der Waals surface area contributed by atoms with Gasteiger partial charge in [-0.2, -0.15) is 0 Å². The second-order valence-corrected chi connectivity index (χ2v) is 7.12. The van der Waals surface area contributed by atoms with Gasteiger partial charge in [-0.05, 0) is 24.1 Å². The van der Waals surface area contributed by atoms with Gasteiger partial charge in [0.25, 0.3) is 0 Å². The number of rotatable bonds is 3. The molecule has 0 atom stereocenters. The molecule has 0 saturated carbocycles. The zero-order valence-electron chi connectivity index (χ0n) is 13.8. The first kappa shape index (κ1) is 15.3. The second kappa shape index (κ2) is 6.10. The number of fused-ring (bicyclic) bond motifs is 4. The number of anilines is 1. The minimum Gasteiger partial charge on any atom is -0.338 e. The number of thioether (sulfide) groups is 1. The summed E-state index contributed by atoms with van der Waals surface area (Å²) in [5.74, 6) is 0.363. The van der Waals surface area contributed by atoms with Crippen molar-refractivity contribution in [2.75, 3.05) is 17.2 Å². The monoisotopic (exact) mass is 361 g/mol. The minimum absolute atomic E-state index is 0.0697. The smallest absolute Gasteiger partial charge is 0.237 e. The van der Waals surface area contributed by atoms with Crippen LogP contribution < -0.4 is 4.90 Å². The van der Waals surface area contributed by atoms with Crippen LogP contribution in [0.25, 0.3) is 22.1 Å². The SMILES string of the molecule is O=C(CSc1nnc2c(n1)[nH]c1ccccc12)N1CCc2ccccc21. The first-order chi connectivity index (χ1) is 12.8. The summed E-state index contributed by atoms with van der Waals surface area (Å²) < 4.78 is 0. The fourth-order valence-corrected chi connectivity index (χ4v) is 4.03. The van der Waals surface area contributed by atoms with Gasteiger partial charge in [-0.15, -0.1) is 10.2 Å². The van der Waals surface area contributed by atoms with Gasteiger partial charge < -0.3 is 9.88 Å². The van der Waals surface area contributed by atoms with Gasteiger partial charge in [0.2, 0.25) is 11.1 Å². The Balaban J connectivity index is 1.35. The number of hydrogen-bond donors (Lipinski definition) is 1. The fraction of sp³-hybridized carbons (Fsp3) is 0.158. The number of carbonyl (C=O) groups excluding carboxylic acids is 1. The molecule has 0 spiro atoms. The molecule has 3 heterocycles. The molecule has 0 radical (unpaired) electrons. The van der Waals surface area contributed by atoms with Crippen molar-refractivity contribution in [2.24, 2.45) is 0 Å². The Morgan fingerprint density at radius 1 is 1.12 bits per heavy atom. The standard InChI is InChI=1S/C19H15N5OS/c25-16(24-10-9-12-5-1-4-8-15(12)24)11-26-19-21-18-17(22-23-19)13-6-2-3-7-14(13)20-18/h1-8H,9-11H2,(H,20,21,23). The van der Waals surface area contributed by atoms with E-state index in [0.29, 0.717) is 16.6 Å². The van der Waals surface area contributed by atoms with Crippen LogP contribution in [-0.2, 0) is 11.2 Å². The van der Waals surface area contributed by atoms with Crippen molar-refractivity contribution in [1.82, 2.24) is 20.2 Å². The van der Waals surface area contributed by atoms with E-state index in [-0.39, 0.29) is 5.91 Å². The molecule has 4 aromatic rings. The molecule has 1 aliphatic rings. The topological polar surface area (TPSA) is 74.8 Å². The van der Waals surface area contributed by atoms with Crippen LogP contribution >= 0.6 is 11.8 Å². The van der Waals surface area contributed by atoms with Crippen LogP contribution in [0.2, 0.25) is 0 Å². The fourth-order valence-electron chi connectivity index (χ4n) is 3.37. The van der Waals surface area contributed by atoms with E-state index in [0.717, 1.165) is 35.1 Å². The number of aromatic amines is 1. The maximum absolute atomic E-state index is 12.6. The third-order valence-electron chi connectivity index (χ3n) is 4.62. The highest BCUT2D eigenvalue weighted by Gasteiger charge is 2.24. The predicted octanol–water partition coefficient (Wildman–Crippen LogP) is 3.19. The lowest BCUT2D eigenvalue weighted by atomic mass is 10.2. The lowest BCUT2D eigenvalue weighted by Crippen LogP contribution is -2.30. The average Bonchev–Trinajstić information content (AvgIpc) is 3.27. The van der Waals surface area contributed by atoms with Gasteiger partial charge >= 0.3 is 0 Å². The van der Waals surface area contributed by atoms with Crippen molar-refractivity contribution in [3.63, 3.8) is 0 Å². The van der Waals surface area contributed by atoms with E-state index in [1.165, 1.54) is 17.3 Å². The van der Waals surface area contributed by atoms with Gasteiger partial charge in [0.05, 0.1) is 5.75 Å². The van der Waals surface area contributed by atoms with E-state index < -0.39 is 0 Å². The maximum Gasteiger partial charge on any atom is 0.237 e. The summed E-state index contributed by atoms with van der Waals surface area (Å²) in [6.07, 6.45) is 0.908. The molecular formula is C19H15N5OS. The van der Waals surface area contributed by atoms with E-state index in [2.05, 4.69) is 26.2 Å². The van der Waals surface area contributed by atoms with Gasteiger partial charge in [0.1, 0.15) is 5.52 Å². The molecule has 0 unspecified atom stereocenters. The normalized spacial score (nSPS) is 13.5. The zero-order valence-corrected chi connectivity index (χ0v) is 14.7. The van der Waals surface area contributed by atoms with Gasteiger partial charge in [0.15, 0.2) is 5.65 Å². The van der Waals surface area contributed by atoms with E-state index >= 15 is 0 Å². The summed E-state index contributed by atoms with van der Waals surface area (Å²) in [7, 11) is 0. The van der Waals surface area contributed by atoms with Crippen LogP contribution in [0.5, 0.6) is 0 Å². The van der Waals surface area contributed by atoms with Crippen molar-refractivity contribution < 1.29 is 4.79 Å². The Hall–Kier alpha value is -2.93. The number of aromatic nitrogens is 4. The number of nitrogens with zero attached hydrogens (tertiary/aromatic N) is 4. The molecule has 6 nitrogen and oxygen atoms in total. The second-order valence-electron chi connectivity index (χ2n) is 6.17. The number of hydrogen-bond acceptors (Lipinski definition) is 5. The largest absolute Gasteiger partial charge is 0.338 e. The number of amides is 1. The summed E-state index contributed by atoms with van der Waals surface area (Å²) in [6.45, 7) is 0.735. The summed E-state index contributed by atoms with van der Waals surface area (Å²) in [5.41, 5.74) is 4.68. The van der Waals surface area contributed by atoms with Crippen molar-refractivity contribution in [3.05, 3.63) is 54.1 Å². The molecule has 26 heavy (non-hydrogen) atoms. The third kappa shape index (κ3) is 2.52. The molecule has 1 N–H and O–H groups in total. The molecule has 7 heteroatoms. The van der Waals surface area contributed by atoms with Crippen LogP contribution in [0.3, 0.4) is 0 Å². The van der Waals surface area contributed by atoms with Crippen LogP contribution in [0.15, 0.2) is 53.7 Å². The van der Waals surface area contributed by atoms with Crippen molar-refractivity contribution in [3.8, 4) is 0 Å². The number of para-hydroxylation sites is 2. The number of H-pyrrole nitrogens is 1. The first-order valence-corrected chi connectivity index (χ1v) is 9.40. The lowest BCUT2D eigenvalue weighted by molar-refractivity contribution is -0.116. The summed E-state index contributed by atoms with van der Waals surface area (Å²) in [4.78, 5) is 22.2. The van der Waals surface area contributed by atoms with Gasteiger partial charge in [-0.3, -0.25) is 4.79 Å². The Bertz CT molecular complexity index is 1140. The Kier molecular flexibility index (Phi) is 3.60. The highest BCUT2D eigenvalue weighted by atomic mass is 32.2. The molecule has 128 valence electrons. The van der Waals surface area contributed by atoms with Crippen LogP contribution in [0.1, 0.15) is 5.56 Å². The zero-order chi connectivity index (χ0) is 17.5. The van der Waals surface area contributed by atoms with Crippen molar-refractivity contribution >= 4 is 45.4 Å². The maximum atomic E-state index is 12.6. The highest BCUT2D eigenvalue weighted by molar-refractivity contribution is 7.99. The van der Waals surface area contributed by atoms with Crippen LogP contribution in [-0.4, -0.2) is 38.4 Å². The van der Waals surface area contributed by atoms with Gasteiger partial charge in [-0.25, -0.2) is 4.98 Å². The lowest BCUT2D eigenvalue weighted by Gasteiger charge is -2.16. The third-order valence-corrected chi connectivity index (χ3v) is 5.44. The first-order valence-electron chi connectivity index (χ1n) is 8.42. The number of carbonyl (C=O) groups is 1. The summed E-state index contributed by atoms with van der Waals surface area (Å²) in [6, 6.07) is 16.0. The molecular weight excluding hydrogens is 346 g/mol. The molecule has 0 fully saturated rings. The van der Waals surface area contributed by atoms with E-state index in [1.807, 2.05) is 47.4 Å². The predicted molar refractivity (Wildman–Crippen MR) is 102 cm³/mol. The number of nitrogens with one attached hydrogen (secondary N) is 1. The molecule has 1 aliphatic heterocycles. The van der Waals surface area contributed by atoms with E-state index in [1.54, 1.807) is 0 Å². The quantitative estimate of drug-likeness (QED) is 0.567. The molecule has 0 aliphatic carbocycles. The Labute approximate surface area is 153 Å².